The van der Waals surface area contributed by atoms with E-state index in [0.717, 1.165) is 21.4 Å². The van der Waals surface area contributed by atoms with E-state index in [9.17, 15) is 14.5 Å². The number of aromatic nitrogens is 2. The molecule has 23 heavy (non-hydrogen) atoms. The maximum Gasteiger partial charge on any atom is 0.271 e. The Balaban J connectivity index is 1.80. The monoisotopic (exact) mass is 315 g/mol. The lowest BCUT2D eigenvalue weighted by atomic mass is 10.2. The normalized spacial score (nSPS) is 12.4. The van der Waals surface area contributed by atoms with Gasteiger partial charge in [0.25, 0.3) is 5.69 Å². The molecular formula is C16H16FN4O2+. The summed E-state index contributed by atoms with van der Waals surface area (Å²) in [5.74, 6) is -0.254. The fourth-order valence-corrected chi connectivity index (χ4v) is 2.61. The van der Waals surface area contributed by atoms with Gasteiger partial charge in [0.2, 0.25) is 0 Å². The average Bonchev–Trinajstić information content (AvgIpc) is 2.89. The Hall–Kier alpha value is -2.80. The van der Waals surface area contributed by atoms with Crippen LogP contribution in [0.1, 0.15) is 5.56 Å². The summed E-state index contributed by atoms with van der Waals surface area (Å²) >= 11 is 0. The minimum atomic E-state index is -0.417. The third kappa shape index (κ3) is 3.35. The van der Waals surface area contributed by atoms with Crippen LogP contribution in [-0.4, -0.2) is 21.8 Å². The lowest BCUT2D eigenvalue weighted by Gasteiger charge is -2.14. The molecule has 0 radical (unpaired) electrons. The van der Waals surface area contributed by atoms with E-state index < -0.39 is 4.92 Å². The topological polar surface area (TPSA) is 65.4 Å². The Bertz CT molecular complexity index is 862. The zero-order valence-corrected chi connectivity index (χ0v) is 12.6. The molecule has 0 aliphatic heterocycles. The molecule has 7 heteroatoms. The SMILES string of the molecule is C[NH+](Cc1cccc(F)c1)Cn1ncc2ccc([N+](=O)[O-])cc21. The molecule has 0 saturated carbocycles. The number of nitro benzene ring substituents is 1. The van der Waals surface area contributed by atoms with E-state index in [1.807, 2.05) is 13.1 Å². The summed E-state index contributed by atoms with van der Waals surface area (Å²) in [7, 11) is 1.97. The lowest BCUT2D eigenvalue weighted by Crippen LogP contribution is -3.06. The highest BCUT2D eigenvalue weighted by Gasteiger charge is 2.13. The highest BCUT2D eigenvalue weighted by atomic mass is 19.1. The van der Waals surface area contributed by atoms with Gasteiger partial charge < -0.3 is 4.90 Å². The first kappa shape index (κ1) is 15.1. The molecule has 1 unspecified atom stereocenters. The summed E-state index contributed by atoms with van der Waals surface area (Å²) in [6.45, 7) is 1.16. The molecule has 0 bridgehead atoms. The van der Waals surface area contributed by atoms with Crippen molar-refractivity contribution in [3.05, 3.63) is 70.2 Å². The summed E-state index contributed by atoms with van der Waals surface area (Å²) < 4.78 is 15.0. The van der Waals surface area contributed by atoms with Gasteiger partial charge in [0, 0.05) is 23.1 Å². The maximum absolute atomic E-state index is 13.2. The Morgan fingerprint density at radius 2 is 2.13 bits per heavy atom. The molecule has 2 aromatic carbocycles. The fraction of sp³-hybridized carbons (Fsp3) is 0.188. The van der Waals surface area contributed by atoms with Crippen molar-refractivity contribution in [2.24, 2.45) is 0 Å². The van der Waals surface area contributed by atoms with Gasteiger partial charge in [-0.1, -0.05) is 12.1 Å². The van der Waals surface area contributed by atoms with Crippen LogP contribution < -0.4 is 4.90 Å². The number of fused-ring (bicyclic) bond motifs is 1. The van der Waals surface area contributed by atoms with Crippen LogP contribution in [0.3, 0.4) is 0 Å². The van der Waals surface area contributed by atoms with E-state index in [-0.39, 0.29) is 11.5 Å². The van der Waals surface area contributed by atoms with Gasteiger partial charge in [0.15, 0.2) is 6.67 Å². The minimum Gasteiger partial charge on any atom is -0.315 e. The molecule has 1 N–H and O–H groups in total. The number of benzene rings is 2. The summed E-state index contributed by atoms with van der Waals surface area (Å²) in [6, 6.07) is 11.2. The van der Waals surface area contributed by atoms with Gasteiger partial charge in [-0.25, -0.2) is 9.07 Å². The predicted octanol–water partition coefficient (Wildman–Crippen LogP) is 1.76. The largest absolute Gasteiger partial charge is 0.315 e. The smallest absolute Gasteiger partial charge is 0.271 e. The first-order valence-electron chi connectivity index (χ1n) is 7.18. The number of halogens is 1. The third-order valence-electron chi connectivity index (χ3n) is 3.65. The molecule has 0 fully saturated rings. The molecule has 3 aromatic rings. The summed E-state index contributed by atoms with van der Waals surface area (Å²) in [5, 5.41) is 16.1. The van der Waals surface area contributed by atoms with Crippen molar-refractivity contribution in [3.63, 3.8) is 0 Å². The van der Waals surface area contributed by atoms with Gasteiger partial charge in [-0.3, -0.25) is 10.1 Å². The number of hydrogen-bond acceptors (Lipinski definition) is 3. The van der Waals surface area contributed by atoms with Crippen LogP contribution in [0.4, 0.5) is 10.1 Å². The van der Waals surface area contributed by atoms with Crippen LogP contribution in [0.15, 0.2) is 48.7 Å². The number of rotatable bonds is 5. The van der Waals surface area contributed by atoms with Crippen LogP contribution in [0.25, 0.3) is 10.9 Å². The molecule has 0 aliphatic rings. The standard InChI is InChI=1S/C16H15FN4O2/c1-19(10-12-3-2-4-14(17)7-12)11-20-16-8-15(21(22)23)6-5-13(16)9-18-20/h2-9H,10-11H2,1H3/p+1. The van der Waals surface area contributed by atoms with Crippen molar-refractivity contribution in [2.75, 3.05) is 7.05 Å². The Kier molecular flexibility index (Phi) is 4.03. The predicted molar refractivity (Wildman–Crippen MR) is 83.4 cm³/mol. The van der Waals surface area contributed by atoms with Crippen LogP contribution in [-0.2, 0) is 13.2 Å². The van der Waals surface area contributed by atoms with Gasteiger partial charge in [0.05, 0.1) is 23.7 Å². The number of nitro groups is 1. The zero-order valence-electron chi connectivity index (χ0n) is 12.6. The number of quaternary nitrogens is 1. The Labute approximate surface area is 131 Å². The second-order valence-corrected chi connectivity index (χ2v) is 5.57. The second-order valence-electron chi connectivity index (χ2n) is 5.57. The summed E-state index contributed by atoms with van der Waals surface area (Å²) in [6.07, 6.45) is 1.69. The number of nitrogens with zero attached hydrogens (tertiary/aromatic N) is 3. The van der Waals surface area contributed by atoms with E-state index in [1.54, 1.807) is 23.0 Å². The van der Waals surface area contributed by atoms with E-state index in [4.69, 9.17) is 0 Å². The Morgan fingerprint density at radius 1 is 1.30 bits per heavy atom. The van der Waals surface area contributed by atoms with Crippen molar-refractivity contribution >= 4 is 16.6 Å². The molecule has 1 heterocycles. The maximum atomic E-state index is 13.2. The van der Waals surface area contributed by atoms with Gasteiger partial charge >= 0.3 is 0 Å². The first-order valence-corrected chi connectivity index (χ1v) is 7.18. The van der Waals surface area contributed by atoms with Crippen molar-refractivity contribution in [3.8, 4) is 0 Å². The molecular weight excluding hydrogens is 299 g/mol. The highest BCUT2D eigenvalue weighted by molar-refractivity contribution is 5.80. The van der Waals surface area contributed by atoms with Gasteiger partial charge in [-0.2, -0.15) is 5.10 Å². The molecule has 0 spiro atoms. The summed E-state index contributed by atoms with van der Waals surface area (Å²) in [4.78, 5) is 11.6. The number of hydrogen-bond donors (Lipinski definition) is 1. The number of nitrogens with one attached hydrogen (secondary N) is 1. The molecule has 0 saturated heterocycles. The first-order chi connectivity index (χ1) is 11.0. The van der Waals surface area contributed by atoms with Crippen molar-refractivity contribution in [1.82, 2.24) is 9.78 Å². The average molecular weight is 315 g/mol. The van der Waals surface area contributed by atoms with E-state index in [0.29, 0.717) is 13.2 Å². The molecule has 1 atom stereocenters. The van der Waals surface area contributed by atoms with Crippen LogP contribution >= 0.6 is 0 Å². The van der Waals surface area contributed by atoms with Crippen LogP contribution in [0.2, 0.25) is 0 Å². The van der Waals surface area contributed by atoms with Crippen LogP contribution in [0.5, 0.6) is 0 Å². The van der Waals surface area contributed by atoms with E-state index >= 15 is 0 Å². The summed E-state index contributed by atoms with van der Waals surface area (Å²) in [5.41, 5.74) is 1.66. The quantitative estimate of drug-likeness (QED) is 0.576. The van der Waals surface area contributed by atoms with Gasteiger partial charge in [-0.05, 0) is 18.2 Å². The van der Waals surface area contributed by atoms with Crippen LogP contribution in [0, 0.1) is 15.9 Å². The second kappa shape index (κ2) is 6.13. The Morgan fingerprint density at radius 3 is 2.87 bits per heavy atom. The highest BCUT2D eigenvalue weighted by Crippen LogP contribution is 2.20. The zero-order chi connectivity index (χ0) is 16.4. The van der Waals surface area contributed by atoms with Gasteiger partial charge in [0.1, 0.15) is 12.4 Å². The molecule has 1 aromatic heterocycles. The molecule has 118 valence electrons. The lowest BCUT2D eigenvalue weighted by molar-refractivity contribution is -0.917. The van der Waals surface area contributed by atoms with Crippen molar-refractivity contribution < 1.29 is 14.2 Å². The molecule has 6 nitrogen and oxygen atoms in total. The van der Waals surface area contributed by atoms with Crippen molar-refractivity contribution in [1.29, 1.82) is 0 Å². The van der Waals surface area contributed by atoms with E-state index in [1.165, 1.54) is 24.3 Å². The minimum absolute atomic E-state index is 0.0435. The molecule has 0 aliphatic carbocycles. The third-order valence-corrected chi connectivity index (χ3v) is 3.65. The number of non-ortho nitro benzene ring substituents is 1. The molecule has 3 rings (SSSR count). The van der Waals surface area contributed by atoms with Crippen molar-refractivity contribution in [2.45, 2.75) is 13.2 Å². The van der Waals surface area contributed by atoms with E-state index in [2.05, 4.69) is 5.10 Å². The fourth-order valence-electron chi connectivity index (χ4n) is 2.61. The molecule has 0 amide bonds. The van der Waals surface area contributed by atoms with Gasteiger partial charge in [-0.15, -0.1) is 0 Å².